The molecule has 1 saturated heterocycles. The van der Waals surface area contributed by atoms with Gasteiger partial charge in [-0.05, 0) is 18.4 Å². The van der Waals surface area contributed by atoms with Crippen molar-refractivity contribution in [3.8, 4) is 0 Å². The summed E-state index contributed by atoms with van der Waals surface area (Å²) < 4.78 is 0. The van der Waals surface area contributed by atoms with Crippen molar-refractivity contribution in [1.29, 1.82) is 0 Å². The highest BCUT2D eigenvalue weighted by atomic mass is 16.4. The van der Waals surface area contributed by atoms with Gasteiger partial charge >= 0.3 is 12.0 Å². The van der Waals surface area contributed by atoms with Gasteiger partial charge in [0.1, 0.15) is 18.1 Å². The number of hydrogen-bond acceptors (Lipinski definition) is 4. The van der Waals surface area contributed by atoms with Crippen LogP contribution in [-0.2, 0) is 20.8 Å². The molecule has 3 rings (SSSR count). The second-order valence-corrected chi connectivity index (χ2v) is 7.11. The summed E-state index contributed by atoms with van der Waals surface area (Å²) in [4.78, 5) is 49.6. The number of urea groups is 1. The van der Waals surface area contributed by atoms with E-state index in [1.165, 1.54) is 0 Å². The number of nitrogens with zero attached hydrogens (tertiary/aromatic N) is 1. The Kier molecular flexibility index (Phi) is 5.43. The molecule has 27 heavy (non-hydrogen) atoms. The van der Waals surface area contributed by atoms with Crippen LogP contribution >= 0.6 is 0 Å². The molecule has 1 saturated carbocycles. The Bertz CT molecular complexity index is 743. The largest absolute Gasteiger partial charge is 0.480 e. The van der Waals surface area contributed by atoms with Gasteiger partial charge in [-0.15, -0.1) is 0 Å². The molecule has 0 aromatic heterocycles. The van der Waals surface area contributed by atoms with Crippen LogP contribution in [0.15, 0.2) is 30.3 Å². The molecule has 0 bridgehead atoms. The van der Waals surface area contributed by atoms with Crippen LogP contribution in [-0.4, -0.2) is 51.9 Å². The van der Waals surface area contributed by atoms with Crippen LogP contribution in [0.25, 0.3) is 0 Å². The first-order valence-electron chi connectivity index (χ1n) is 9.11. The maximum atomic E-state index is 12.7. The second kappa shape index (κ2) is 7.77. The van der Waals surface area contributed by atoms with Crippen molar-refractivity contribution >= 4 is 23.8 Å². The number of carbonyl (C=O) groups is 4. The molecular formula is C19H23N3O5. The molecule has 2 fully saturated rings. The molecule has 8 heteroatoms. The lowest BCUT2D eigenvalue weighted by molar-refractivity contribution is -0.142. The zero-order valence-corrected chi connectivity index (χ0v) is 14.9. The quantitative estimate of drug-likeness (QED) is 0.645. The minimum atomic E-state index is -1.17. The number of carboxylic acids is 1. The Morgan fingerprint density at radius 2 is 1.81 bits per heavy atom. The van der Waals surface area contributed by atoms with Crippen LogP contribution in [0, 0.1) is 0 Å². The third-order valence-corrected chi connectivity index (χ3v) is 5.17. The van der Waals surface area contributed by atoms with Gasteiger partial charge in [-0.1, -0.05) is 49.6 Å². The number of aliphatic carboxylic acids is 1. The zero-order chi connectivity index (χ0) is 19.4. The highest BCUT2D eigenvalue weighted by Gasteiger charge is 2.51. The Morgan fingerprint density at radius 1 is 1.15 bits per heavy atom. The lowest BCUT2D eigenvalue weighted by atomic mass is 9.82. The Hall–Kier alpha value is -2.90. The number of rotatable bonds is 6. The minimum Gasteiger partial charge on any atom is -0.480 e. The van der Waals surface area contributed by atoms with E-state index in [0.717, 1.165) is 29.7 Å². The van der Waals surface area contributed by atoms with Crippen molar-refractivity contribution < 1.29 is 24.3 Å². The summed E-state index contributed by atoms with van der Waals surface area (Å²) in [5.74, 6) is -2.24. The van der Waals surface area contributed by atoms with Crippen molar-refractivity contribution in [2.75, 3.05) is 6.54 Å². The predicted molar refractivity (Wildman–Crippen MR) is 95.8 cm³/mol. The number of carboxylic acid groups (broad SMARTS) is 1. The van der Waals surface area contributed by atoms with Crippen LogP contribution in [0.3, 0.4) is 0 Å². The van der Waals surface area contributed by atoms with Gasteiger partial charge in [0.15, 0.2) is 0 Å². The first-order valence-corrected chi connectivity index (χ1v) is 9.11. The standard InChI is InChI=1S/C19H23N3O5/c23-15(20-14(16(24)25)11-13-7-3-1-4-8-13)12-22-17(26)19(21-18(22)27)9-5-2-6-10-19/h1,3-4,7-8,14H,2,5-6,9-12H2,(H,20,23)(H,21,27)(H,24,25)/t14-/m1/s1. The summed E-state index contributed by atoms with van der Waals surface area (Å²) in [6, 6.07) is 7.20. The molecule has 144 valence electrons. The molecule has 1 aliphatic heterocycles. The highest BCUT2D eigenvalue weighted by molar-refractivity contribution is 6.09. The molecule has 1 spiro atoms. The summed E-state index contributed by atoms with van der Waals surface area (Å²) >= 11 is 0. The number of carbonyl (C=O) groups excluding carboxylic acids is 3. The third kappa shape index (κ3) is 4.10. The van der Waals surface area contributed by atoms with Gasteiger partial charge in [-0.3, -0.25) is 14.5 Å². The Balaban J connectivity index is 1.62. The van der Waals surface area contributed by atoms with E-state index < -0.39 is 41.9 Å². The highest BCUT2D eigenvalue weighted by Crippen LogP contribution is 2.33. The first kappa shape index (κ1) is 18.9. The molecule has 4 amide bonds. The van der Waals surface area contributed by atoms with Crippen molar-refractivity contribution in [3.05, 3.63) is 35.9 Å². The minimum absolute atomic E-state index is 0.117. The SMILES string of the molecule is O=C(CN1C(=O)NC2(CCCCC2)C1=O)N[C@H](Cc1ccccc1)C(=O)O. The molecule has 1 atom stereocenters. The normalized spacial score (nSPS) is 19.6. The van der Waals surface area contributed by atoms with E-state index in [1.807, 2.05) is 6.07 Å². The molecule has 1 aromatic rings. The van der Waals surface area contributed by atoms with Crippen LogP contribution in [0.4, 0.5) is 4.79 Å². The smallest absolute Gasteiger partial charge is 0.326 e. The van der Waals surface area contributed by atoms with E-state index in [1.54, 1.807) is 24.3 Å². The zero-order valence-electron chi connectivity index (χ0n) is 14.9. The van der Waals surface area contributed by atoms with Crippen LogP contribution in [0.1, 0.15) is 37.7 Å². The molecule has 0 unspecified atom stereocenters. The number of benzene rings is 1. The Labute approximate surface area is 156 Å². The summed E-state index contributed by atoms with van der Waals surface area (Å²) in [6.07, 6.45) is 3.98. The molecule has 1 heterocycles. The van der Waals surface area contributed by atoms with Crippen molar-refractivity contribution in [2.24, 2.45) is 0 Å². The average molecular weight is 373 g/mol. The summed E-state index contributed by atoms with van der Waals surface area (Å²) in [7, 11) is 0. The fourth-order valence-corrected chi connectivity index (χ4v) is 3.75. The predicted octanol–water partition coefficient (Wildman–Crippen LogP) is 1.05. The van der Waals surface area contributed by atoms with Crippen molar-refractivity contribution in [2.45, 2.75) is 50.1 Å². The van der Waals surface area contributed by atoms with Gasteiger partial charge in [0, 0.05) is 6.42 Å². The maximum Gasteiger partial charge on any atom is 0.326 e. The molecule has 1 aliphatic carbocycles. The van der Waals surface area contributed by atoms with E-state index in [2.05, 4.69) is 10.6 Å². The first-order chi connectivity index (χ1) is 12.9. The number of nitrogens with one attached hydrogen (secondary N) is 2. The van der Waals surface area contributed by atoms with Crippen molar-refractivity contribution in [3.63, 3.8) is 0 Å². The molecule has 0 radical (unpaired) electrons. The maximum absolute atomic E-state index is 12.7. The Morgan fingerprint density at radius 3 is 2.44 bits per heavy atom. The number of amides is 4. The van der Waals surface area contributed by atoms with Gasteiger partial charge in [0.05, 0.1) is 0 Å². The summed E-state index contributed by atoms with van der Waals surface area (Å²) in [5.41, 5.74) is -0.132. The average Bonchev–Trinajstić information content (AvgIpc) is 2.86. The van der Waals surface area contributed by atoms with Gasteiger partial charge < -0.3 is 15.7 Å². The lowest BCUT2D eigenvalue weighted by Gasteiger charge is -2.30. The van der Waals surface area contributed by atoms with Gasteiger partial charge in [0.25, 0.3) is 5.91 Å². The van der Waals surface area contributed by atoms with Crippen LogP contribution in [0.5, 0.6) is 0 Å². The molecule has 1 aromatic carbocycles. The molecule has 3 N–H and O–H groups in total. The fourth-order valence-electron chi connectivity index (χ4n) is 3.75. The van der Waals surface area contributed by atoms with E-state index in [0.29, 0.717) is 12.8 Å². The lowest BCUT2D eigenvalue weighted by Crippen LogP contribution is -2.50. The van der Waals surface area contributed by atoms with Crippen LogP contribution < -0.4 is 10.6 Å². The second-order valence-electron chi connectivity index (χ2n) is 7.11. The topological polar surface area (TPSA) is 116 Å². The van der Waals surface area contributed by atoms with Crippen molar-refractivity contribution in [1.82, 2.24) is 15.5 Å². The molecular weight excluding hydrogens is 350 g/mol. The van der Waals surface area contributed by atoms with Gasteiger partial charge in [-0.25, -0.2) is 9.59 Å². The van der Waals surface area contributed by atoms with Gasteiger partial charge in [0.2, 0.25) is 5.91 Å². The number of imide groups is 1. The molecule has 2 aliphatic rings. The van der Waals surface area contributed by atoms with E-state index >= 15 is 0 Å². The summed E-state index contributed by atoms with van der Waals surface area (Å²) in [6.45, 7) is -0.481. The van der Waals surface area contributed by atoms with E-state index in [4.69, 9.17) is 0 Å². The fraction of sp³-hybridized carbons (Fsp3) is 0.474. The third-order valence-electron chi connectivity index (χ3n) is 5.17. The summed E-state index contributed by atoms with van der Waals surface area (Å²) in [5, 5.41) is 14.5. The van der Waals surface area contributed by atoms with Crippen LogP contribution in [0.2, 0.25) is 0 Å². The number of hydrogen-bond donors (Lipinski definition) is 3. The molecule has 8 nitrogen and oxygen atoms in total. The monoisotopic (exact) mass is 373 g/mol. The van der Waals surface area contributed by atoms with E-state index in [-0.39, 0.29) is 6.42 Å². The van der Waals surface area contributed by atoms with Gasteiger partial charge in [-0.2, -0.15) is 0 Å². The van der Waals surface area contributed by atoms with E-state index in [9.17, 15) is 24.3 Å².